The molecule has 0 fully saturated rings. The summed E-state index contributed by atoms with van der Waals surface area (Å²) in [5.74, 6) is -0.487. The summed E-state index contributed by atoms with van der Waals surface area (Å²) in [4.78, 5) is 25.1. The standard InChI is InChI=1S/C28H31N3O2/c1-5-9-25(20-10-7-6-8-11-20)30-31-27(33)22-14-18-24(19-15-22)29-26(32)21-12-16-23(17-13-21)28(2,3)4/h6-8,10-19H,5,9H2,1-4H3,(H,29,32)(H,31,33). The molecule has 0 saturated heterocycles. The number of hydrogen-bond acceptors (Lipinski definition) is 3. The maximum absolute atomic E-state index is 12.6. The Morgan fingerprint density at radius 2 is 1.33 bits per heavy atom. The van der Waals surface area contributed by atoms with E-state index in [2.05, 4.69) is 43.5 Å². The zero-order valence-corrected chi connectivity index (χ0v) is 19.7. The van der Waals surface area contributed by atoms with Crippen LogP contribution in [0.25, 0.3) is 0 Å². The van der Waals surface area contributed by atoms with Crippen molar-refractivity contribution in [3.63, 3.8) is 0 Å². The Bertz CT molecular complexity index is 1110. The molecule has 0 aliphatic heterocycles. The van der Waals surface area contributed by atoms with E-state index < -0.39 is 0 Å². The summed E-state index contributed by atoms with van der Waals surface area (Å²) in [6.07, 6.45) is 1.70. The van der Waals surface area contributed by atoms with Crippen molar-refractivity contribution < 1.29 is 9.59 Å². The van der Waals surface area contributed by atoms with E-state index in [1.165, 1.54) is 5.56 Å². The van der Waals surface area contributed by atoms with Crippen LogP contribution in [0, 0.1) is 0 Å². The highest BCUT2D eigenvalue weighted by molar-refractivity contribution is 6.05. The predicted octanol–water partition coefficient (Wildman–Crippen LogP) is 6.17. The van der Waals surface area contributed by atoms with Gasteiger partial charge in [-0.25, -0.2) is 5.43 Å². The molecule has 0 unspecified atom stereocenters. The Morgan fingerprint density at radius 1 is 0.758 bits per heavy atom. The average Bonchev–Trinajstić information content (AvgIpc) is 2.82. The van der Waals surface area contributed by atoms with Crippen LogP contribution in [-0.4, -0.2) is 17.5 Å². The second-order valence-corrected chi connectivity index (χ2v) is 8.97. The SMILES string of the molecule is CCCC(=NNC(=O)c1ccc(NC(=O)c2ccc(C(C)(C)C)cc2)cc1)c1ccccc1. The molecule has 0 atom stereocenters. The number of rotatable bonds is 7. The van der Waals surface area contributed by atoms with Gasteiger partial charge in [0, 0.05) is 16.8 Å². The molecule has 3 rings (SSSR count). The van der Waals surface area contributed by atoms with E-state index in [9.17, 15) is 9.59 Å². The van der Waals surface area contributed by atoms with Gasteiger partial charge in [0.05, 0.1) is 5.71 Å². The molecule has 5 heteroatoms. The summed E-state index contributed by atoms with van der Waals surface area (Å²) in [6, 6.07) is 24.2. The third-order valence-corrected chi connectivity index (χ3v) is 5.30. The molecule has 0 radical (unpaired) electrons. The van der Waals surface area contributed by atoms with Gasteiger partial charge in [-0.05, 0) is 59.4 Å². The molecular formula is C28H31N3O2. The summed E-state index contributed by atoms with van der Waals surface area (Å²) >= 11 is 0. The number of carbonyl (C=O) groups is 2. The van der Waals surface area contributed by atoms with E-state index >= 15 is 0 Å². The van der Waals surface area contributed by atoms with Crippen molar-refractivity contribution in [2.45, 2.75) is 46.0 Å². The van der Waals surface area contributed by atoms with Crippen LogP contribution in [0.3, 0.4) is 0 Å². The topological polar surface area (TPSA) is 70.6 Å². The molecular weight excluding hydrogens is 410 g/mol. The van der Waals surface area contributed by atoms with Gasteiger partial charge in [0.1, 0.15) is 0 Å². The largest absolute Gasteiger partial charge is 0.322 e. The first-order valence-corrected chi connectivity index (χ1v) is 11.2. The number of hydrazone groups is 1. The van der Waals surface area contributed by atoms with E-state index in [0.717, 1.165) is 24.1 Å². The highest BCUT2D eigenvalue weighted by Crippen LogP contribution is 2.22. The Hall–Kier alpha value is -3.73. The number of nitrogens with zero attached hydrogens (tertiary/aromatic N) is 1. The lowest BCUT2D eigenvalue weighted by Gasteiger charge is -2.19. The first-order valence-electron chi connectivity index (χ1n) is 11.2. The number of benzene rings is 3. The molecule has 0 bridgehead atoms. The minimum absolute atomic E-state index is 0.0356. The van der Waals surface area contributed by atoms with Crippen LogP contribution in [0.5, 0.6) is 0 Å². The van der Waals surface area contributed by atoms with Gasteiger partial charge in [-0.1, -0.05) is 76.6 Å². The van der Waals surface area contributed by atoms with Crippen LogP contribution in [0.1, 0.15) is 72.4 Å². The normalized spacial score (nSPS) is 11.7. The fraction of sp³-hybridized carbons (Fsp3) is 0.250. The molecule has 3 aromatic carbocycles. The third kappa shape index (κ3) is 6.62. The average molecular weight is 442 g/mol. The van der Waals surface area contributed by atoms with Crippen molar-refractivity contribution in [2.24, 2.45) is 5.10 Å². The number of carbonyl (C=O) groups excluding carboxylic acids is 2. The van der Waals surface area contributed by atoms with E-state index in [-0.39, 0.29) is 17.2 Å². The molecule has 33 heavy (non-hydrogen) atoms. The second kappa shape index (κ2) is 10.7. The summed E-state index contributed by atoms with van der Waals surface area (Å²) in [5.41, 5.74) is 7.37. The predicted molar refractivity (Wildman–Crippen MR) is 135 cm³/mol. The van der Waals surface area contributed by atoms with E-state index in [0.29, 0.717) is 16.8 Å². The summed E-state index contributed by atoms with van der Waals surface area (Å²) < 4.78 is 0. The van der Waals surface area contributed by atoms with E-state index in [1.54, 1.807) is 24.3 Å². The number of amides is 2. The smallest absolute Gasteiger partial charge is 0.271 e. The van der Waals surface area contributed by atoms with E-state index in [1.807, 2.05) is 54.6 Å². The lowest BCUT2D eigenvalue weighted by atomic mass is 9.87. The summed E-state index contributed by atoms with van der Waals surface area (Å²) in [7, 11) is 0. The van der Waals surface area contributed by atoms with Gasteiger partial charge in [0.2, 0.25) is 0 Å². The molecule has 2 N–H and O–H groups in total. The third-order valence-electron chi connectivity index (χ3n) is 5.30. The van der Waals surface area contributed by atoms with Gasteiger partial charge in [0.15, 0.2) is 0 Å². The second-order valence-electron chi connectivity index (χ2n) is 8.97. The van der Waals surface area contributed by atoms with Crippen molar-refractivity contribution in [3.8, 4) is 0 Å². The van der Waals surface area contributed by atoms with Crippen LogP contribution in [-0.2, 0) is 5.41 Å². The number of anilines is 1. The molecule has 0 aliphatic rings. The van der Waals surface area contributed by atoms with Gasteiger partial charge >= 0.3 is 0 Å². The Kier molecular flexibility index (Phi) is 7.78. The minimum Gasteiger partial charge on any atom is -0.322 e. The van der Waals surface area contributed by atoms with Gasteiger partial charge in [-0.2, -0.15) is 5.10 Å². The molecule has 5 nitrogen and oxygen atoms in total. The molecule has 170 valence electrons. The molecule has 0 saturated carbocycles. The van der Waals surface area contributed by atoms with Gasteiger partial charge in [-0.3, -0.25) is 9.59 Å². The highest BCUT2D eigenvalue weighted by Gasteiger charge is 2.14. The molecule has 0 aliphatic carbocycles. The number of nitrogens with one attached hydrogen (secondary N) is 2. The molecule has 0 spiro atoms. The Balaban J connectivity index is 1.63. The first kappa shape index (κ1) is 23.9. The van der Waals surface area contributed by atoms with Crippen LogP contribution in [0.15, 0.2) is 84.0 Å². The zero-order valence-electron chi connectivity index (χ0n) is 19.7. The molecule has 0 heterocycles. The first-order chi connectivity index (χ1) is 15.8. The monoisotopic (exact) mass is 441 g/mol. The van der Waals surface area contributed by atoms with Gasteiger partial charge in [0.25, 0.3) is 11.8 Å². The molecule has 3 aromatic rings. The lowest BCUT2D eigenvalue weighted by Crippen LogP contribution is -2.20. The fourth-order valence-electron chi connectivity index (χ4n) is 3.34. The van der Waals surface area contributed by atoms with Crippen LogP contribution >= 0.6 is 0 Å². The quantitative estimate of drug-likeness (QED) is 0.340. The summed E-state index contributed by atoms with van der Waals surface area (Å²) in [6.45, 7) is 8.48. The lowest BCUT2D eigenvalue weighted by molar-refractivity contribution is 0.0954. The van der Waals surface area contributed by atoms with Crippen molar-refractivity contribution >= 4 is 23.2 Å². The molecule has 2 amide bonds. The maximum Gasteiger partial charge on any atom is 0.271 e. The summed E-state index contributed by atoms with van der Waals surface area (Å²) in [5, 5.41) is 7.21. The van der Waals surface area contributed by atoms with E-state index in [4.69, 9.17) is 0 Å². The maximum atomic E-state index is 12.6. The van der Waals surface area contributed by atoms with Crippen molar-refractivity contribution in [2.75, 3.05) is 5.32 Å². The molecule has 0 aromatic heterocycles. The Morgan fingerprint density at radius 3 is 1.91 bits per heavy atom. The van der Waals surface area contributed by atoms with Gasteiger partial charge in [-0.15, -0.1) is 0 Å². The van der Waals surface area contributed by atoms with Crippen LogP contribution in [0.4, 0.5) is 5.69 Å². The van der Waals surface area contributed by atoms with Crippen molar-refractivity contribution in [1.82, 2.24) is 5.43 Å². The van der Waals surface area contributed by atoms with Crippen LogP contribution < -0.4 is 10.7 Å². The van der Waals surface area contributed by atoms with Crippen LogP contribution in [0.2, 0.25) is 0 Å². The van der Waals surface area contributed by atoms with Crippen molar-refractivity contribution in [1.29, 1.82) is 0 Å². The Labute approximate surface area is 195 Å². The minimum atomic E-state index is -0.296. The fourth-order valence-corrected chi connectivity index (χ4v) is 3.34. The zero-order chi connectivity index (χ0) is 23.8. The number of hydrogen-bond donors (Lipinski definition) is 2. The highest BCUT2D eigenvalue weighted by atomic mass is 16.2. The van der Waals surface area contributed by atoms with Crippen molar-refractivity contribution in [3.05, 3.63) is 101 Å². The van der Waals surface area contributed by atoms with Gasteiger partial charge < -0.3 is 5.32 Å².